The highest BCUT2D eigenvalue weighted by Gasteiger charge is 2.24. The Kier molecular flexibility index (Phi) is 9.35. The van der Waals surface area contributed by atoms with Crippen molar-refractivity contribution in [2.45, 2.75) is 38.1 Å². The first kappa shape index (κ1) is 18.6. The number of carbonyl (C=O) groups is 1. The van der Waals surface area contributed by atoms with E-state index < -0.39 is 0 Å². The number of aromatic nitrogens is 1. The van der Waals surface area contributed by atoms with Gasteiger partial charge in [-0.1, -0.05) is 6.42 Å². The van der Waals surface area contributed by atoms with Crippen molar-refractivity contribution in [1.82, 2.24) is 10.3 Å². The molecule has 1 aliphatic rings. The molecule has 0 aliphatic heterocycles. The molecule has 1 aromatic heterocycles. The summed E-state index contributed by atoms with van der Waals surface area (Å²) < 4.78 is 0. The van der Waals surface area contributed by atoms with E-state index in [9.17, 15) is 4.79 Å². The fraction of sp³-hybridized carbons (Fsp3) is 0.667. The van der Waals surface area contributed by atoms with Crippen molar-refractivity contribution in [3.63, 3.8) is 0 Å². The highest BCUT2D eigenvalue weighted by atomic mass is 35.5. The molecule has 1 heterocycles. The Hall–Kier alpha value is -0.360. The van der Waals surface area contributed by atoms with E-state index in [4.69, 9.17) is 5.73 Å². The lowest BCUT2D eigenvalue weighted by molar-refractivity contribution is -0.126. The van der Waals surface area contributed by atoms with Gasteiger partial charge in [-0.15, -0.1) is 36.2 Å². The van der Waals surface area contributed by atoms with Gasteiger partial charge < -0.3 is 11.1 Å². The van der Waals surface area contributed by atoms with Gasteiger partial charge in [0.1, 0.15) is 0 Å². The van der Waals surface area contributed by atoms with Crippen LogP contribution in [0.3, 0.4) is 0 Å². The number of nitrogens with two attached hydrogens (primary N) is 1. The number of hydrogen-bond donors (Lipinski definition) is 2. The minimum Gasteiger partial charge on any atom is -0.355 e. The smallest absolute Gasteiger partial charge is 0.223 e. The lowest BCUT2D eigenvalue weighted by Gasteiger charge is -2.25. The number of halogens is 2. The normalized spacial score (nSPS) is 21.9. The van der Waals surface area contributed by atoms with Gasteiger partial charge in [0.15, 0.2) is 0 Å². The number of rotatable bonds is 4. The topological polar surface area (TPSA) is 68.0 Å². The summed E-state index contributed by atoms with van der Waals surface area (Å²) in [6.45, 7) is 0.675. The van der Waals surface area contributed by atoms with E-state index in [1.165, 1.54) is 0 Å². The summed E-state index contributed by atoms with van der Waals surface area (Å²) in [6.07, 6.45) is 4.76. The largest absolute Gasteiger partial charge is 0.355 e. The van der Waals surface area contributed by atoms with Gasteiger partial charge in [0.25, 0.3) is 0 Å². The summed E-state index contributed by atoms with van der Waals surface area (Å²) in [6, 6.07) is 0.207. The van der Waals surface area contributed by atoms with Gasteiger partial charge in [-0.3, -0.25) is 4.79 Å². The third kappa shape index (κ3) is 6.08. The molecule has 0 saturated heterocycles. The van der Waals surface area contributed by atoms with Gasteiger partial charge in [-0.05, 0) is 19.3 Å². The van der Waals surface area contributed by atoms with Crippen molar-refractivity contribution >= 4 is 42.1 Å². The summed E-state index contributed by atoms with van der Waals surface area (Å²) in [7, 11) is 0. The summed E-state index contributed by atoms with van der Waals surface area (Å²) >= 11 is 1.59. The molecule has 0 spiro atoms. The fourth-order valence-corrected chi connectivity index (χ4v) is 2.88. The predicted octanol–water partition coefficient (Wildman–Crippen LogP) is 2.16. The molecule has 110 valence electrons. The third-order valence-electron chi connectivity index (χ3n) is 3.25. The molecule has 2 unspecified atom stereocenters. The second kappa shape index (κ2) is 9.53. The van der Waals surface area contributed by atoms with E-state index in [0.717, 1.165) is 37.8 Å². The summed E-state index contributed by atoms with van der Waals surface area (Å²) in [5, 5.41) is 5.00. The second-order valence-electron chi connectivity index (χ2n) is 4.64. The molecule has 0 radical (unpaired) electrons. The first-order chi connectivity index (χ1) is 8.25. The SMILES string of the molecule is Cl.Cl.NC1CCCC(C(=O)NCCc2cscn2)C1. The van der Waals surface area contributed by atoms with Crippen LogP contribution in [0.5, 0.6) is 0 Å². The Morgan fingerprint density at radius 1 is 1.47 bits per heavy atom. The molecule has 1 aliphatic carbocycles. The maximum atomic E-state index is 11.9. The summed E-state index contributed by atoms with van der Waals surface area (Å²) in [4.78, 5) is 16.1. The van der Waals surface area contributed by atoms with E-state index in [2.05, 4.69) is 10.3 Å². The molecule has 2 rings (SSSR count). The minimum absolute atomic E-state index is 0. The van der Waals surface area contributed by atoms with Crippen LogP contribution in [0, 0.1) is 5.92 Å². The average Bonchev–Trinajstić information content (AvgIpc) is 2.82. The third-order valence-corrected chi connectivity index (χ3v) is 3.88. The minimum atomic E-state index is 0. The maximum Gasteiger partial charge on any atom is 0.223 e. The van der Waals surface area contributed by atoms with Crippen molar-refractivity contribution in [1.29, 1.82) is 0 Å². The standard InChI is InChI=1S/C12H19N3OS.2ClH/c13-10-3-1-2-9(6-10)12(16)14-5-4-11-7-17-8-15-11;;/h7-10H,1-6,13H2,(H,14,16);2*1H. The number of nitrogens with zero attached hydrogens (tertiary/aromatic N) is 1. The van der Waals surface area contributed by atoms with Crippen LogP contribution in [0.4, 0.5) is 0 Å². The molecule has 3 N–H and O–H groups in total. The Bertz CT molecular complexity index is 362. The van der Waals surface area contributed by atoms with Crippen molar-refractivity contribution in [3.05, 3.63) is 16.6 Å². The van der Waals surface area contributed by atoms with E-state index in [1.54, 1.807) is 11.3 Å². The molecule has 1 fully saturated rings. The lowest BCUT2D eigenvalue weighted by atomic mass is 9.85. The van der Waals surface area contributed by atoms with Crippen molar-refractivity contribution in [2.24, 2.45) is 11.7 Å². The number of nitrogens with one attached hydrogen (secondary N) is 1. The van der Waals surface area contributed by atoms with E-state index in [0.29, 0.717) is 6.54 Å². The number of amides is 1. The van der Waals surface area contributed by atoms with Crippen molar-refractivity contribution in [3.8, 4) is 0 Å². The van der Waals surface area contributed by atoms with E-state index in [1.807, 2.05) is 10.9 Å². The van der Waals surface area contributed by atoms with Crippen LogP contribution >= 0.6 is 36.2 Å². The fourth-order valence-electron chi connectivity index (χ4n) is 2.28. The molecule has 2 atom stereocenters. The average molecular weight is 326 g/mol. The Morgan fingerprint density at radius 3 is 2.89 bits per heavy atom. The molecule has 1 amide bonds. The van der Waals surface area contributed by atoms with Crippen LogP contribution in [-0.2, 0) is 11.2 Å². The van der Waals surface area contributed by atoms with Crippen molar-refractivity contribution < 1.29 is 4.79 Å². The first-order valence-electron chi connectivity index (χ1n) is 6.16. The molecular weight excluding hydrogens is 305 g/mol. The first-order valence-corrected chi connectivity index (χ1v) is 7.10. The highest BCUT2D eigenvalue weighted by Crippen LogP contribution is 2.22. The highest BCUT2D eigenvalue weighted by molar-refractivity contribution is 7.07. The molecule has 1 aromatic rings. The summed E-state index contributed by atoms with van der Waals surface area (Å²) in [5.41, 5.74) is 8.75. The molecule has 7 heteroatoms. The molecule has 1 saturated carbocycles. The van der Waals surface area contributed by atoms with Gasteiger partial charge in [-0.25, -0.2) is 4.98 Å². The zero-order chi connectivity index (χ0) is 12.1. The van der Waals surface area contributed by atoms with Gasteiger partial charge in [0.05, 0.1) is 11.2 Å². The van der Waals surface area contributed by atoms with Crippen LogP contribution < -0.4 is 11.1 Å². The quantitative estimate of drug-likeness (QED) is 0.891. The summed E-state index contributed by atoms with van der Waals surface area (Å²) in [5.74, 6) is 0.282. The van der Waals surface area contributed by atoms with Gasteiger partial charge >= 0.3 is 0 Å². The van der Waals surface area contributed by atoms with Crippen molar-refractivity contribution in [2.75, 3.05) is 6.54 Å². The van der Waals surface area contributed by atoms with E-state index in [-0.39, 0.29) is 42.7 Å². The van der Waals surface area contributed by atoms with E-state index >= 15 is 0 Å². The maximum absolute atomic E-state index is 11.9. The molecular formula is C12H21Cl2N3OS. The van der Waals surface area contributed by atoms with Gasteiger partial charge in [-0.2, -0.15) is 0 Å². The zero-order valence-corrected chi connectivity index (χ0v) is 13.2. The predicted molar refractivity (Wildman–Crippen MR) is 83.3 cm³/mol. The number of thiazole rings is 1. The van der Waals surface area contributed by atoms with Crippen LogP contribution in [0.2, 0.25) is 0 Å². The Labute approximate surface area is 130 Å². The van der Waals surface area contributed by atoms with Crippen LogP contribution in [-0.4, -0.2) is 23.5 Å². The lowest BCUT2D eigenvalue weighted by Crippen LogP contribution is -2.38. The number of hydrogen-bond acceptors (Lipinski definition) is 4. The molecule has 0 aromatic carbocycles. The molecule has 19 heavy (non-hydrogen) atoms. The molecule has 4 nitrogen and oxygen atoms in total. The zero-order valence-electron chi connectivity index (χ0n) is 10.7. The van der Waals surface area contributed by atoms with Crippen LogP contribution in [0.15, 0.2) is 10.9 Å². The van der Waals surface area contributed by atoms with Crippen LogP contribution in [0.1, 0.15) is 31.4 Å². The Balaban J connectivity index is 0.00000162. The monoisotopic (exact) mass is 325 g/mol. The van der Waals surface area contributed by atoms with Gasteiger partial charge in [0.2, 0.25) is 5.91 Å². The molecule has 0 bridgehead atoms. The second-order valence-corrected chi connectivity index (χ2v) is 5.36. The Morgan fingerprint density at radius 2 is 2.26 bits per heavy atom. The van der Waals surface area contributed by atoms with Crippen LogP contribution in [0.25, 0.3) is 0 Å². The number of carbonyl (C=O) groups excluding carboxylic acids is 1. The van der Waals surface area contributed by atoms with Gasteiger partial charge in [0, 0.05) is 30.3 Å².